The van der Waals surface area contributed by atoms with Gasteiger partial charge in [-0.15, -0.1) is 0 Å². The van der Waals surface area contributed by atoms with Crippen LogP contribution in [0.25, 0.3) is 0 Å². The Balaban J connectivity index is 1.69. The first-order chi connectivity index (χ1) is 13.0. The van der Waals surface area contributed by atoms with E-state index in [0.29, 0.717) is 37.3 Å². The number of likely N-dealkylation sites (tertiary alicyclic amines) is 1. The van der Waals surface area contributed by atoms with Gasteiger partial charge < -0.3 is 14.7 Å². The number of benzene rings is 1. The lowest BCUT2D eigenvalue weighted by atomic mass is 9.89. The molecule has 3 rings (SSSR count). The quantitative estimate of drug-likeness (QED) is 0.876. The van der Waals surface area contributed by atoms with Crippen LogP contribution in [0.1, 0.15) is 41.4 Å². The first kappa shape index (κ1) is 18.9. The Hall–Kier alpha value is -2.89. The number of rotatable bonds is 5. The minimum absolute atomic E-state index is 0.132. The summed E-state index contributed by atoms with van der Waals surface area (Å²) < 4.78 is 5.73. The number of hydrogen-bond acceptors (Lipinski definition) is 4. The first-order valence-electron chi connectivity index (χ1n) is 9.14. The van der Waals surface area contributed by atoms with Crippen molar-refractivity contribution in [1.82, 2.24) is 9.88 Å². The normalized spacial score (nSPS) is 19.6. The van der Waals surface area contributed by atoms with E-state index in [-0.39, 0.29) is 11.9 Å². The van der Waals surface area contributed by atoms with E-state index in [4.69, 9.17) is 4.74 Å². The lowest BCUT2D eigenvalue weighted by molar-refractivity contribution is -0.144. The summed E-state index contributed by atoms with van der Waals surface area (Å²) in [5.74, 6) is -0.810. The highest BCUT2D eigenvalue weighted by Gasteiger charge is 2.35. The van der Waals surface area contributed by atoms with E-state index in [9.17, 15) is 14.7 Å². The number of aryl methyl sites for hydroxylation is 1. The first-order valence-corrected chi connectivity index (χ1v) is 9.14. The summed E-state index contributed by atoms with van der Waals surface area (Å²) in [6.45, 7) is 4.64. The molecule has 1 aromatic heterocycles. The highest BCUT2D eigenvalue weighted by molar-refractivity contribution is 5.95. The molecule has 27 heavy (non-hydrogen) atoms. The van der Waals surface area contributed by atoms with Gasteiger partial charge in [0.05, 0.1) is 12.1 Å². The highest BCUT2D eigenvalue weighted by Crippen LogP contribution is 2.25. The third-order valence-electron chi connectivity index (χ3n) is 5.03. The van der Waals surface area contributed by atoms with E-state index in [0.717, 1.165) is 11.3 Å². The molecule has 2 heterocycles. The summed E-state index contributed by atoms with van der Waals surface area (Å²) in [7, 11) is 0. The second kappa shape index (κ2) is 8.20. The highest BCUT2D eigenvalue weighted by atomic mass is 16.5. The van der Waals surface area contributed by atoms with Gasteiger partial charge in [-0.2, -0.15) is 0 Å². The standard InChI is InChI=1S/C21H24N2O4/c1-14-8-9-18(12-22-14)27-13-16-5-3-6-17(11-16)20(24)23-10-4-7-19(15(23)2)21(25)26/h3,5-6,8-9,11-12,15,19H,4,7,10,13H2,1-2H3,(H,25,26)/t15-,19-/m1/s1. The number of pyridine rings is 1. The summed E-state index contributed by atoms with van der Waals surface area (Å²) in [5.41, 5.74) is 2.35. The number of carbonyl (C=O) groups excluding carboxylic acids is 1. The van der Waals surface area contributed by atoms with Crippen LogP contribution in [-0.2, 0) is 11.4 Å². The van der Waals surface area contributed by atoms with Gasteiger partial charge in [0, 0.05) is 23.8 Å². The molecule has 1 aromatic carbocycles. The molecule has 0 saturated carbocycles. The van der Waals surface area contributed by atoms with Crippen LogP contribution in [-0.4, -0.2) is 39.5 Å². The van der Waals surface area contributed by atoms with Crippen molar-refractivity contribution in [2.75, 3.05) is 6.54 Å². The van der Waals surface area contributed by atoms with Gasteiger partial charge in [0.1, 0.15) is 12.4 Å². The number of piperidine rings is 1. The average Bonchev–Trinajstić information content (AvgIpc) is 2.67. The van der Waals surface area contributed by atoms with Crippen LogP contribution in [0.5, 0.6) is 5.75 Å². The van der Waals surface area contributed by atoms with Crippen molar-refractivity contribution in [2.24, 2.45) is 5.92 Å². The molecule has 6 nitrogen and oxygen atoms in total. The van der Waals surface area contributed by atoms with Gasteiger partial charge in [0.15, 0.2) is 0 Å². The SMILES string of the molecule is Cc1ccc(OCc2cccc(C(=O)N3CCC[C@@H](C(=O)O)[C@H]3C)c2)cn1. The third-order valence-corrected chi connectivity index (χ3v) is 5.03. The summed E-state index contributed by atoms with van der Waals surface area (Å²) in [5, 5.41) is 9.36. The van der Waals surface area contributed by atoms with E-state index in [2.05, 4.69) is 4.98 Å². The van der Waals surface area contributed by atoms with Gasteiger partial charge in [-0.3, -0.25) is 14.6 Å². The molecule has 1 aliphatic heterocycles. The topological polar surface area (TPSA) is 79.7 Å². The van der Waals surface area contributed by atoms with Crippen LogP contribution in [0.4, 0.5) is 0 Å². The number of aromatic nitrogens is 1. The van der Waals surface area contributed by atoms with Crippen LogP contribution >= 0.6 is 0 Å². The second-order valence-electron chi connectivity index (χ2n) is 6.95. The van der Waals surface area contributed by atoms with E-state index in [1.165, 1.54) is 0 Å². The van der Waals surface area contributed by atoms with Crippen molar-refractivity contribution in [3.63, 3.8) is 0 Å². The van der Waals surface area contributed by atoms with Crippen LogP contribution in [0, 0.1) is 12.8 Å². The molecule has 0 spiro atoms. The Morgan fingerprint density at radius 1 is 1.30 bits per heavy atom. The number of amides is 1. The minimum atomic E-state index is -0.839. The number of ether oxygens (including phenoxy) is 1. The molecule has 1 fully saturated rings. The van der Waals surface area contributed by atoms with Crippen molar-refractivity contribution in [1.29, 1.82) is 0 Å². The van der Waals surface area contributed by atoms with Crippen LogP contribution < -0.4 is 4.74 Å². The molecule has 0 unspecified atom stereocenters. The van der Waals surface area contributed by atoms with Crippen LogP contribution in [0.2, 0.25) is 0 Å². The average molecular weight is 368 g/mol. The molecular formula is C21H24N2O4. The monoisotopic (exact) mass is 368 g/mol. The summed E-state index contributed by atoms with van der Waals surface area (Å²) in [6.07, 6.45) is 2.99. The Morgan fingerprint density at radius 2 is 2.11 bits per heavy atom. The maximum Gasteiger partial charge on any atom is 0.308 e. The second-order valence-corrected chi connectivity index (χ2v) is 6.95. The van der Waals surface area contributed by atoms with Gasteiger partial charge in [-0.25, -0.2) is 0 Å². The maximum atomic E-state index is 12.9. The van der Waals surface area contributed by atoms with Gasteiger partial charge in [-0.05, 0) is 56.5 Å². The predicted octanol–water partition coefficient (Wildman–Crippen LogP) is 3.29. The fraction of sp³-hybridized carbons (Fsp3) is 0.381. The fourth-order valence-corrected chi connectivity index (χ4v) is 3.43. The molecule has 1 saturated heterocycles. The molecule has 0 bridgehead atoms. The maximum absolute atomic E-state index is 12.9. The van der Waals surface area contributed by atoms with Gasteiger partial charge in [-0.1, -0.05) is 12.1 Å². The molecule has 2 aromatic rings. The zero-order chi connectivity index (χ0) is 19.4. The summed E-state index contributed by atoms with van der Waals surface area (Å²) >= 11 is 0. The molecule has 142 valence electrons. The van der Waals surface area contributed by atoms with E-state index in [1.54, 1.807) is 23.2 Å². The van der Waals surface area contributed by atoms with E-state index < -0.39 is 11.9 Å². The van der Waals surface area contributed by atoms with Crippen molar-refractivity contribution in [3.8, 4) is 5.75 Å². The molecular weight excluding hydrogens is 344 g/mol. The lowest BCUT2D eigenvalue weighted by Gasteiger charge is -2.37. The number of carboxylic acid groups (broad SMARTS) is 1. The van der Waals surface area contributed by atoms with Crippen molar-refractivity contribution >= 4 is 11.9 Å². The van der Waals surface area contributed by atoms with Crippen molar-refractivity contribution in [2.45, 2.75) is 39.3 Å². The van der Waals surface area contributed by atoms with Gasteiger partial charge >= 0.3 is 5.97 Å². The minimum Gasteiger partial charge on any atom is -0.487 e. The Bertz CT molecular complexity index is 819. The smallest absolute Gasteiger partial charge is 0.308 e. The molecule has 1 amide bonds. The zero-order valence-electron chi connectivity index (χ0n) is 15.6. The molecule has 0 aliphatic carbocycles. The number of hydrogen-bond donors (Lipinski definition) is 1. The lowest BCUT2D eigenvalue weighted by Crippen LogP contribution is -2.49. The fourth-order valence-electron chi connectivity index (χ4n) is 3.43. The number of carbonyl (C=O) groups is 2. The Labute approximate surface area is 158 Å². The summed E-state index contributed by atoms with van der Waals surface area (Å²) in [6, 6.07) is 10.7. The molecule has 0 radical (unpaired) electrons. The Morgan fingerprint density at radius 3 is 2.81 bits per heavy atom. The number of aliphatic carboxylic acids is 1. The summed E-state index contributed by atoms with van der Waals surface area (Å²) in [4.78, 5) is 30.2. The van der Waals surface area contributed by atoms with E-state index in [1.807, 2.05) is 38.1 Å². The molecule has 6 heteroatoms. The Kier molecular flexibility index (Phi) is 5.74. The number of carboxylic acids is 1. The predicted molar refractivity (Wildman–Crippen MR) is 101 cm³/mol. The zero-order valence-corrected chi connectivity index (χ0v) is 15.6. The van der Waals surface area contributed by atoms with Gasteiger partial charge in [0.25, 0.3) is 5.91 Å². The van der Waals surface area contributed by atoms with Crippen molar-refractivity contribution < 1.29 is 19.4 Å². The third kappa shape index (κ3) is 4.45. The van der Waals surface area contributed by atoms with E-state index >= 15 is 0 Å². The van der Waals surface area contributed by atoms with Crippen LogP contribution in [0.3, 0.4) is 0 Å². The largest absolute Gasteiger partial charge is 0.487 e. The van der Waals surface area contributed by atoms with Crippen LogP contribution in [0.15, 0.2) is 42.6 Å². The molecule has 1 aliphatic rings. The van der Waals surface area contributed by atoms with Crippen molar-refractivity contribution in [3.05, 3.63) is 59.4 Å². The molecule has 1 N–H and O–H groups in total. The number of nitrogens with zero attached hydrogens (tertiary/aromatic N) is 2. The van der Waals surface area contributed by atoms with Gasteiger partial charge in [0.2, 0.25) is 0 Å². The molecule has 2 atom stereocenters.